The Balaban J connectivity index is 1.99. The van der Waals surface area contributed by atoms with Gasteiger partial charge in [0.25, 0.3) is 0 Å². The van der Waals surface area contributed by atoms with Crippen molar-refractivity contribution in [2.24, 2.45) is 5.92 Å². The molecular weight excluding hydrogens is 212 g/mol. The molecule has 1 heterocycles. The molecule has 0 aliphatic carbocycles. The van der Waals surface area contributed by atoms with Crippen molar-refractivity contribution >= 4 is 23.6 Å². The number of carbonyl (C=O) groups excluding carboxylic acids is 1. The largest absolute Gasteiger partial charge is 0.465 e. The van der Waals surface area contributed by atoms with Crippen LogP contribution >= 0.6 is 11.6 Å². The average Bonchev–Trinajstić information content (AvgIpc) is 2.64. The molecule has 0 N–H and O–H groups in total. The second-order valence-electron chi connectivity index (χ2n) is 3.56. The highest BCUT2D eigenvalue weighted by atomic mass is 35.5. The molecule has 1 aliphatic rings. The Labute approximate surface area is 93.5 Å². The van der Waals surface area contributed by atoms with Crippen molar-refractivity contribution in [2.75, 3.05) is 6.61 Å². The zero-order valence-electron chi connectivity index (χ0n) is 8.15. The molecule has 2 rings (SSSR count). The summed E-state index contributed by atoms with van der Waals surface area (Å²) in [5.74, 6) is 0.105. The van der Waals surface area contributed by atoms with Crippen LogP contribution in [0.2, 0.25) is 5.02 Å². The Kier molecular flexibility index (Phi) is 3.07. The molecule has 1 aliphatic heterocycles. The third-order valence-corrected chi connectivity index (χ3v) is 2.57. The summed E-state index contributed by atoms with van der Waals surface area (Å²) in [5, 5.41) is 0.728. The Morgan fingerprint density at radius 1 is 1.33 bits per heavy atom. The van der Waals surface area contributed by atoms with Gasteiger partial charge in [0.1, 0.15) is 0 Å². The molecule has 0 bridgehead atoms. The van der Waals surface area contributed by atoms with Crippen LogP contribution in [0.4, 0.5) is 0 Å². The molecule has 0 saturated carbocycles. The topological polar surface area (TPSA) is 26.3 Å². The highest BCUT2D eigenvalue weighted by Crippen LogP contribution is 2.17. The molecule has 0 radical (unpaired) electrons. The number of rotatable bonds is 2. The van der Waals surface area contributed by atoms with Gasteiger partial charge in [-0.15, -0.1) is 0 Å². The molecule has 1 aromatic carbocycles. The maximum Gasteiger partial charge on any atom is 0.306 e. The predicted octanol–water partition coefficient (Wildman–Crippen LogP) is 2.92. The Morgan fingerprint density at radius 2 is 2.07 bits per heavy atom. The van der Waals surface area contributed by atoms with Crippen LogP contribution in [0.5, 0.6) is 0 Å². The van der Waals surface area contributed by atoms with Gasteiger partial charge in [-0.2, -0.15) is 0 Å². The van der Waals surface area contributed by atoms with Gasteiger partial charge >= 0.3 is 5.97 Å². The molecule has 0 amide bonds. The number of carbonyl (C=O) groups is 1. The van der Waals surface area contributed by atoms with E-state index in [-0.39, 0.29) is 11.9 Å². The molecular formula is C12H11ClO2. The third kappa shape index (κ3) is 2.83. The van der Waals surface area contributed by atoms with Crippen molar-refractivity contribution in [3.05, 3.63) is 40.9 Å². The zero-order valence-corrected chi connectivity index (χ0v) is 8.91. The Morgan fingerprint density at radius 3 is 2.67 bits per heavy atom. The molecule has 1 aromatic rings. The van der Waals surface area contributed by atoms with Gasteiger partial charge in [-0.05, 0) is 17.7 Å². The lowest BCUT2D eigenvalue weighted by Crippen LogP contribution is -1.92. The lowest BCUT2D eigenvalue weighted by molar-refractivity contribution is -0.137. The van der Waals surface area contributed by atoms with Crippen LogP contribution < -0.4 is 0 Å². The summed E-state index contributed by atoms with van der Waals surface area (Å²) in [6, 6.07) is 7.57. The van der Waals surface area contributed by atoms with E-state index in [4.69, 9.17) is 16.3 Å². The highest BCUT2D eigenvalue weighted by Gasteiger charge is 2.20. The van der Waals surface area contributed by atoms with E-state index in [2.05, 4.69) is 0 Å². The molecule has 0 aromatic heterocycles. The van der Waals surface area contributed by atoms with Crippen molar-refractivity contribution in [2.45, 2.75) is 6.42 Å². The van der Waals surface area contributed by atoms with Crippen molar-refractivity contribution in [1.29, 1.82) is 0 Å². The van der Waals surface area contributed by atoms with Gasteiger partial charge in [0.2, 0.25) is 0 Å². The highest BCUT2D eigenvalue weighted by molar-refractivity contribution is 6.30. The van der Waals surface area contributed by atoms with E-state index in [0.717, 1.165) is 10.6 Å². The van der Waals surface area contributed by atoms with Crippen molar-refractivity contribution in [1.82, 2.24) is 0 Å². The fraction of sp³-hybridized carbons (Fsp3) is 0.250. The molecule has 3 heteroatoms. The maximum atomic E-state index is 10.8. The minimum absolute atomic E-state index is 0.110. The van der Waals surface area contributed by atoms with Crippen LogP contribution in [0.3, 0.4) is 0 Å². The standard InChI is InChI=1S/C12H11ClO2/c13-11-5-3-9(4-6-11)1-2-10-7-12(14)15-8-10/h1-6,10H,7-8H2/b2-1+/t10-/m0/s1. The molecule has 15 heavy (non-hydrogen) atoms. The summed E-state index contributed by atoms with van der Waals surface area (Å²) in [6.45, 7) is 0.503. The van der Waals surface area contributed by atoms with E-state index in [9.17, 15) is 4.79 Å². The van der Waals surface area contributed by atoms with Crippen LogP contribution in [0.1, 0.15) is 12.0 Å². The lowest BCUT2D eigenvalue weighted by Gasteiger charge is -1.97. The van der Waals surface area contributed by atoms with Crippen molar-refractivity contribution in [3.8, 4) is 0 Å². The monoisotopic (exact) mass is 222 g/mol. The summed E-state index contributed by atoms with van der Waals surface area (Å²) in [6.07, 6.45) is 4.49. The first kappa shape index (κ1) is 10.2. The van der Waals surface area contributed by atoms with Crippen LogP contribution in [0, 0.1) is 5.92 Å². The van der Waals surface area contributed by atoms with Gasteiger partial charge in [0.05, 0.1) is 13.0 Å². The first-order valence-electron chi connectivity index (χ1n) is 4.83. The van der Waals surface area contributed by atoms with Gasteiger partial charge in [-0.3, -0.25) is 4.79 Å². The van der Waals surface area contributed by atoms with Crippen molar-refractivity contribution in [3.63, 3.8) is 0 Å². The second kappa shape index (κ2) is 4.49. The second-order valence-corrected chi connectivity index (χ2v) is 3.99. The molecule has 78 valence electrons. The SMILES string of the molecule is O=C1C[C@H](/C=C/c2ccc(Cl)cc2)CO1. The van der Waals surface area contributed by atoms with Crippen LogP contribution in [0.15, 0.2) is 30.3 Å². The summed E-state index contributed by atoms with van der Waals surface area (Å²) in [7, 11) is 0. The van der Waals surface area contributed by atoms with Gasteiger partial charge in [0.15, 0.2) is 0 Å². The number of benzene rings is 1. The Bertz CT molecular complexity index is 381. The van der Waals surface area contributed by atoms with Gasteiger partial charge in [-0.25, -0.2) is 0 Å². The number of cyclic esters (lactones) is 1. The number of ether oxygens (including phenoxy) is 1. The first-order valence-corrected chi connectivity index (χ1v) is 5.21. The number of hydrogen-bond acceptors (Lipinski definition) is 2. The van der Waals surface area contributed by atoms with E-state index in [0.29, 0.717) is 13.0 Å². The van der Waals surface area contributed by atoms with Gasteiger partial charge < -0.3 is 4.74 Å². The maximum absolute atomic E-state index is 10.8. The van der Waals surface area contributed by atoms with Gasteiger partial charge in [0, 0.05) is 10.9 Å². The summed E-state index contributed by atoms with van der Waals surface area (Å²) in [5.41, 5.74) is 1.08. The fourth-order valence-electron chi connectivity index (χ4n) is 1.48. The average molecular weight is 223 g/mol. The molecule has 2 nitrogen and oxygen atoms in total. The molecule has 1 saturated heterocycles. The molecule has 0 unspecified atom stereocenters. The van der Waals surface area contributed by atoms with Crippen molar-refractivity contribution < 1.29 is 9.53 Å². The van der Waals surface area contributed by atoms with E-state index < -0.39 is 0 Å². The zero-order chi connectivity index (χ0) is 10.7. The predicted molar refractivity (Wildman–Crippen MR) is 59.6 cm³/mol. The number of esters is 1. The Hall–Kier alpha value is -1.28. The van der Waals surface area contributed by atoms with E-state index in [1.165, 1.54) is 0 Å². The van der Waals surface area contributed by atoms with Crippen LogP contribution in [-0.4, -0.2) is 12.6 Å². The number of hydrogen-bond donors (Lipinski definition) is 0. The minimum Gasteiger partial charge on any atom is -0.465 e. The minimum atomic E-state index is -0.110. The fourth-order valence-corrected chi connectivity index (χ4v) is 1.60. The van der Waals surface area contributed by atoms with Gasteiger partial charge in [-0.1, -0.05) is 35.9 Å². The summed E-state index contributed by atoms with van der Waals surface area (Å²) < 4.78 is 4.86. The van der Waals surface area contributed by atoms with E-state index in [1.807, 2.05) is 36.4 Å². The quantitative estimate of drug-likeness (QED) is 0.720. The normalized spacial score (nSPS) is 20.9. The van der Waals surface area contributed by atoms with Crippen LogP contribution in [0.25, 0.3) is 6.08 Å². The van der Waals surface area contributed by atoms with E-state index >= 15 is 0 Å². The third-order valence-electron chi connectivity index (χ3n) is 2.32. The summed E-state index contributed by atoms with van der Waals surface area (Å²) >= 11 is 5.77. The smallest absolute Gasteiger partial charge is 0.306 e. The molecule has 1 atom stereocenters. The molecule has 0 spiro atoms. The lowest BCUT2D eigenvalue weighted by atomic mass is 10.1. The number of halogens is 1. The molecule has 1 fully saturated rings. The van der Waals surface area contributed by atoms with Crippen LogP contribution in [-0.2, 0) is 9.53 Å². The van der Waals surface area contributed by atoms with E-state index in [1.54, 1.807) is 0 Å². The first-order chi connectivity index (χ1) is 7.24. The summed E-state index contributed by atoms with van der Waals surface area (Å²) in [4.78, 5) is 10.8.